The Bertz CT molecular complexity index is 1060. The number of hydrogen-bond donors (Lipinski definition) is 1. The topological polar surface area (TPSA) is 86.8 Å². The summed E-state index contributed by atoms with van der Waals surface area (Å²) in [6.07, 6.45) is 1.36. The fourth-order valence-electron chi connectivity index (χ4n) is 3.31. The second-order valence-electron chi connectivity index (χ2n) is 7.98. The van der Waals surface area contributed by atoms with Gasteiger partial charge in [-0.2, -0.15) is 0 Å². The van der Waals surface area contributed by atoms with Gasteiger partial charge in [0, 0.05) is 16.2 Å². The third kappa shape index (κ3) is 7.95. The first-order chi connectivity index (χ1) is 15.4. The fourth-order valence-corrected chi connectivity index (χ4v) is 4.52. The second kappa shape index (κ2) is 11.8. The van der Waals surface area contributed by atoms with Crippen LogP contribution in [0.4, 0.5) is 10.1 Å². The predicted molar refractivity (Wildman–Crippen MR) is 136 cm³/mol. The van der Waals surface area contributed by atoms with Crippen LogP contribution < -0.4 is 9.62 Å². The van der Waals surface area contributed by atoms with Gasteiger partial charge in [0.15, 0.2) is 0 Å². The van der Waals surface area contributed by atoms with Crippen molar-refractivity contribution in [2.75, 3.05) is 17.1 Å². The Kier molecular flexibility index (Phi) is 9.65. The van der Waals surface area contributed by atoms with Crippen LogP contribution in [-0.4, -0.2) is 50.0 Å². The zero-order valence-electron chi connectivity index (χ0n) is 19.1. The molecule has 2 aromatic carbocycles. The average molecular weight is 589 g/mol. The van der Waals surface area contributed by atoms with Crippen molar-refractivity contribution in [2.24, 2.45) is 0 Å². The molecule has 0 fully saturated rings. The molecule has 7 nitrogen and oxygen atoms in total. The smallest absolute Gasteiger partial charge is 0.244 e. The van der Waals surface area contributed by atoms with Gasteiger partial charge in [0.2, 0.25) is 21.8 Å². The predicted octanol–water partition coefficient (Wildman–Crippen LogP) is 3.53. The Hall–Kier alpha value is -2.21. The van der Waals surface area contributed by atoms with Crippen LogP contribution in [0.2, 0.25) is 0 Å². The van der Waals surface area contributed by atoms with E-state index in [1.165, 1.54) is 29.2 Å². The first-order valence-electron chi connectivity index (χ1n) is 10.5. The molecule has 1 N–H and O–H groups in total. The van der Waals surface area contributed by atoms with Crippen LogP contribution in [0.25, 0.3) is 0 Å². The lowest BCUT2D eigenvalue weighted by Gasteiger charge is -2.33. The van der Waals surface area contributed by atoms with Gasteiger partial charge >= 0.3 is 0 Å². The number of anilines is 1. The lowest BCUT2D eigenvalue weighted by atomic mass is 10.1. The fraction of sp³-hybridized carbons (Fsp3) is 0.391. The van der Waals surface area contributed by atoms with Crippen molar-refractivity contribution in [3.05, 3.63) is 63.5 Å². The van der Waals surface area contributed by atoms with E-state index in [1.54, 1.807) is 31.2 Å². The zero-order valence-corrected chi connectivity index (χ0v) is 22.1. The average Bonchev–Trinajstić information content (AvgIpc) is 2.72. The van der Waals surface area contributed by atoms with Crippen LogP contribution in [0.15, 0.2) is 48.5 Å². The van der Waals surface area contributed by atoms with Gasteiger partial charge in [-0.15, -0.1) is 0 Å². The summed E-state index contributed by atoms with van der Waals surface area (Å²) >= 11 is 2.11. The molecule has 180 valence electrons. The molecule has 2 amide bonds. The molecule has 0 aromatic heterocycles. The molecule has 0 saturated heterocycles. The molecular weight excluding hydrogens is 560 g/mol. The molecule has 10 heteroatoms. The lowest BCUT2D eigenvalue weighted by molar-refractivity contribution is -0.140. The number of rotatable bonds is 10. The van der Waals surface area contributed by atoms with Crippen LogP contribution >= 0.6 is 22.6 Å². The summed E-state index contributed by atoms with van der Waals surface area (Å²) in [6.45, 7) is 4.99. The maximum Gasteiger partial charge on any atom is 0.244 e. The van der Waals surface area contributed by atoms with E-state index >= 15 is 0 Å². The van der Waals surface area contributed by atoms with Crippen molar-refractivity contribution in [3.8, 4) is 0 Å². The highest BCUT2D eigenvalue weighted by molar-refractivity contribution is 14.1. The molecule has 2 rings (SSSR count). The first kappa shape index (κ1) is 27.0. The highest BCUT2D eigenvalue weighted by atomic mass is 127. The molecule has 0 unspecified atom stereocenters. The van der Waals surface area contributed by atoms with Crippen molar-refractivity contribution in [1.82, 2.24) is 10.2 Å². The van der Waals surface area contributed by atoms with Crippen LogP contribution in [0.3, 0.4) is 0 Å². The molecule has 33 heavy (non-hydrogen) atoms. The van der Waals surface area contributed by atoms with Gasteiger partial charge in [-0.3, -0.25) is 13.9 Å². The number of sulfonamides is 1. The summed E-state index contributed by atoms with van der Waals surface area (Å²) < 4.78 is 40.4. The second-order valence-corrected chi connectivity index (χ2v) is 11.1. The molecule has 0 aliphatic rings. The van der Waals surface area contributed by atoms with Crippen molar-refractivity contribution < 1.29 is 22.4 Å². The van der Waals surface area contributed by atoms with E-state index in [-0.39, 0.29) is 18.5 Å². The van der Waals surface area contributed by atoms with E-state index in [0.717, 1.165) is 14.1 Å². The minimum atomic E-state index is -3.78. The summed E-state index contributed by atoms with van der Waals surface area (Å²) in [7, 11) is -3.78. The number of carbonyl (C=O) groups is 2. The van der Waals surface area contributed by atoms with Crippen molar-refractivity contribution in [2.45, 2.75) is 45.8 Å². The Morgan fingerprint density at radius 1 is 1.06 bits per heavy atom. The number of amides is 2. The molecule has 0 bridgehead atoms. The normalized spacial score (nSPS) is 12.3. The molecule has 0 radical (unpaired) electrons. The van der Waals surface area contributed by atoms with E-state index in [1.807, 2.05) is 13.8 Å². The van der Waals surface area contributed by atoms with Crippen molar-refractivity contribution in [3.63, 3.8) is 0 Å². The lowest BCUT2D eigenvalue weighted by Crippen LogP contribution is -2.53. The Morgan fingerprint density at radius 3 is 2.12 bits per heavy atom. The van der Waals surface area contributed by atoms with Crippen molar-refractivity contribution >= 4 is 50.1 Å². The largest absolute Gasteiger partial charge is 0.352 e. The number of carbonyl (C=O) groups excluding carboxylic acids is 2. The third-order valence-corrected chi connectivity index (χ3v) is 6.74. The Balaban J connectivity index is 2.42. The summed E-state index contributed by atoms with van der Waals surface area (Å²) in [4.78, 5) is 27.7. The van der Waals surface area contributed by atoms with Gasteiger partial charge in [0.1, 0.15) is 18.4 Å². The number of halogens is 2. The van der Waals surface area contributed by atoms with Gasteiger partial charge in [-0.25, -0.2) is 12.8 Å². The Morgan fingerprint density at radius 2 is 1.64 bits per heavy atom. The number of benzene rings is 2. The van der Waals surface area contributed by atoms with Gasteiger partial charge in [0.25, 0.3) is 0 Å². The minimum Gasteiger partial charge on any atom is -0.352 e. The van der Waals surface area contributed by atoms with E-state index < -0.39 is 34.3 Å². The SMILES string of the molecule is CC[C@@H](C(=O)NC(C)C)N(Cc1ccc(F)cc1)C(=O)CN(c1ccc(I)cc1)S(C)(=O)=O. The van der Waals surface area contributed by atoms with E-state index in [4.69, 9.17) is 0 Å². The molecule has 0 spiro atoms. The highest BCUT2D eigenvalue weighted by Gasteiger charge is 2.31. The van der Waals surface area contributed by atoms with Gasteiger partial charge < -0.3 is 10.2 Å². The number of nitrogens with one attached hydrogen (secondary N) is 1. The monoisotopic (exact) mass is 589 g/mol. The van der Waals surface area contributed by atoms with Gasteiger partial charge in [0.05, 0.1) is 11.9 Å². The molecule has 1 atom stereocenters. The number of hydrogen-bond acceptors (Lipinski definition) is 4. The molecule has 0 heterocycles. The zero-order chi connectivity index (χ0) is 24.8. The summed E-state index contributed by atoms with van der Waals surface area (Å²) in [5.41, 5.74) is 0.980. The van der Waals surface area contributed by atoms with E-state index in [0.29, 0.717) is 17.7 Å². The summed E-state index contributed by atoms with van der Waals surface area (Å²) in [6, 6.07) is 11.4. The van der Waals surface area contributed by atoms with Crippen LogP contribution in [0, 0.1) is 9.39 Å². The molecule has 0 aliphatic carbocycles. The van der Waals surface area contributed by atoms with E-state index in [9.17, 15) is 22.4 Å². The molecule has 0 aliphatic heterocycles. The maximum atomic E-state index is 13.5. The van der Waals surface area contributed by atoms with Gasteiger partial charge in [-0.05, 0) is 84.8 Å². The third-order valence-electron chi connectivity index (χ3n) is 4.88. The van der Waals surface area contributed by atoms with Crippen LogP contribution in [-0.2, 0) is 26.2 Å². The van der Waals surface area contributed by atoms with Crippen molar-refractivity contribution in [1.29, 1.82) is 0 Å². The first-order valence-corrected chi connectivity index (χ1v) is 13.4. The maximum absolute atomic E-state index is 13.5. The van der Waals surface area contributed by atoms with Crippen LogP contribution in [0.1, 0.15) is 32.8 Å². The number of nitrogens with zero attached hydrogens (tertiary/aromatic N) is 2. The van der Waals surface area contributed by atoms with Gasteiger partial charge in [-0.1, -0.05) is 19.1 Å². The summed E-state index contributed by atoms with van der Waals surface area (Å²) in [5, 5.41) is 2.82. The standard InChI is InChI=1S/C23H29FIN3O4S/c1-5-21(23(30)26-16(2)3)27(14-17-6-8-18(24)9-7-17)22(29)15-28(33(4,31)32)20-12-10-19(25)11-13-20/h6-13,16,21H,5,14-15H2,1-4H3,(H,26,30)/t21-/m0/s1. The minimum absolute atomic E-state index is 0.0351. The highest BCUT2D eigenvalue weighted by Crippen LogP contribution is 2.21. The molecular formula is C23H29FIN3O4S. The summed E-state index contributed by atoms with van der Waals surface area (Å²) in [5.74, 6) is -1.28. The molecule has 0 saturated carbocycles. The van der Waals surface area contributed by atoms with E-state index in [2.05, 4.69) is 27.9 Å². The Labute approximate surface area is 208 Å². The van der Waals surface area contributed by atoms with Crippen LogP contribution in [0.5, 0.6) is 0 Å². The molecule has 2 aromatic rings. The quantitative estimate of drug-likeness (QED) is 0.430.